The number of hydrogen-bond donors (Lipinski definition) is 1. The van der Waals surface area contributed by atoms with Crippen LogP contribution in [0.25, 0.3) is 0 Å². The second kappa shape index (κ2) is 5.43. The van der Waals surface area contributed by atoms with Crippen molar-refractivity contribution in [1.29, 1.82) is 0 Å². The fraction of sp³-hybridized carbons (Fsp3) is 0.263. The Morgan fingerprint density at radius 1 is 1.08 bits per heavy atom. The van der Waals surface area contributed by atoms with Crippen LogP contribution < -0.4 is 14.8 Å². The predicted molar refractivity (Wildman–Crippen MR) is 98.1 cm³/mol. The molecule has 0 fully saturated rings. The Morgan fingerprint density at radius 2 is 1.92 bits per heavy atom. The van der Waals surface area contributed by atoms with Gasteiger partial charge in [0.15, 0.2) is 11.5 Å². The second-order valence-electron chi connectivity index (χ2n) is 6.43. The molecule has 0 aromatic heterocycles. The van der Waals surface area contributed by atoms with Crippen molar-refractivity contribution < 1.29 is 9.47 Å². The van der Waals surface area contributed by atoms with E-state index in [0.717, 1.165) is 33.1 Å². The van der Waals surface area contributed by atoms with Crippen LogP contribution in [0.1, 0.15) is 29.5 Å². The van der Waals surface area contributed by atoms with E-state index in [1.807, 2.05) is 12.1 Å². The molecule has 0 unspecified atom stereocenters. The van der Waals surface area contributed by atoms with Crippen molar-refractivity contribution in [2.45, 2.75) is 18.4 Å². The molecule has 2 aromatic carbocycles. The maximum Gasteiger partial charge on any atom is 0.231 e. The van der Waals surface area contributed by atoms with Gasteiger partial charge in [0.05, 0.1) is 6.04 Å². The fourth-order valence-corrected chi connectivity index (χ4v) is 4.79. The lowest BCUT2D eigenvalue weighted by Crippen LogP contribution is -2.29. The summed E-state index contributed by atoms with van der Waals surface area (Å²) in [7, 11) is 0. The number of anilines is 1. The number of hydrogen-bond acceptors (Lipinski definition) is 3. The summed E-state index contributed by atoms with van der Waals surface area (Å²) in [6.07, 6.45) is 5.64. The van der Waals surface area contributed by atoms with Gasteiger partial charge in [-0.3, -0.25) is 0 Å². The van der Waals surface area contributed by atoms with Crippen molar-refractivity contribution in [1.82, 2.24) is 0 Å². The molecule has 1 aliphatic carbocycles. The van der Waals surface area contributed by atoms with E-state index < -0.39 is 0 Å². The molecular formula is C19H15BrClNO2. The molecule has 5 heteroatoms. The van der Waals surface area contributed by atoms with E-state index >= 15 is 0 Å². The van der Waals surface area contributed by atoms with Gasteiger partial charge in [0.1, 0.15) is 0 Å². The number of halogens is 2. The van der Waals surface area contributed by atoms with Gasteiger partial charge in [0, 0.05) is 21.1 Å². The van der Waals surface area contributed by atoms with Crippen LogP contribution in [0.5, 0.6) is 11.5 Å². The van der Waals surface area contributed by atoms with Crippen LogP contribution in [0.15, 0.2) is 47.0 Å². The van der Waals surface area contributed by atoms with Crippen molar-refractivity contribution >= 4 is 33.2 Å². The van der Waals surface area contributed by atoms with Crippen LogP contribution >= 0.6 is 27.5 Å². The average Bonchev–Trinajstić information content (AvgIpc) is 3.22. The van der Waals surface area contributed by atoms with Crippen LogP contribution in [0.4, 0.5) is 5.69 Å². The number of benzene rings is 2. The summed E-state index contributed by atoms with van der Waals surface area (Å²) in [5.74, 6) is 2.48. The van der Waals surface area contributed by atoms with Gasteiger partial charge in [-0.1, -0.05) is 39.7 Å². The van der Waals surface area contributed by atoms with Gasteiger partial charge in [-0.05, 0) is 53.8 Å². The van der Waals surface area contributed by atoms with Crippen LogP contribution in [0, 0.1) is 5.92 Å². The lowest BCUT2D eigenvalue weighted by molar-refractivity contribution is 0.174. The van der Waals surface area contributed by atoms with Crippen molar-refractivity contribution in [3.8, 4) is 11.5 Å². The maximum absolute atomic E-state index is 6.22. The van der Waals surface area contributed by atoms with Crippen molar-refractivity contribution in [2.75, 3.05) is 12.1 Å². The van der Waals surface area contributed by atoms with Gasteiger partial charge in [0.2, 0.25) is 6.79 Å². The molecule has 0 saturated heterocycles. The van der Waals surface area contributed by atoms with Gasteiger partial charge in [-0.15, -0.1) is 0 Å². The molecular weight excluding hydrogens is 390 g/mol. The Morgan fingerprint density at radius 3 is 2.79 bits per heavy atom. The SMILES string of the molecule is Clc1ccc2c(c1)[C@@H]1C=CC[C@@H]1[C@H](c1cc3c(cc1Br)OCO3)N2. The van der Waals surface area contributed by atoms with Crippen LogP contribution in [0.3, 0.4) is 0 Å². The molecule has 0 bridgehead atoms. The Balaban J connectivity index is 1.61. The topological polar surface area (TPSA) is 30.5 Å². The Bertz CT molecular complexity index is 867. The third-order valence-corrected chi connectivity index (χ3v) is 6.07. The van der Waals surface area contributed by atoms with E-state index in [2.05, 4.69) is 51.6 Å². The number of fused-ring (bicyclic) bond motifs is 4. The summed E-state index contributed by atoms with van der Waals surface area (Å²) in [5, 5.41) is 4.51. The molecule has 122 valence electrons. The quantitative estimate of drug-likeness (QED) is 0.622. The highest BCUT2D eigenvalue weighted by Crippen LogP contribution is 2.52. The summed E-state index contributed by atoms with van der Waals surface area (Å²) < 4.78 is 12.1. The first-order valence-electron chi connectivity index (χ1n) is 8.02. The first-order valence-corrected chi connectivity index (χ1v) is 9.19. The zero-order chi connectivity index (χ0) is 16.3. The zero-order valence-electron chi connectivity index (χ0n) is 12.8. The molecule has 2 aliphatic heterocycles. The molecule has 2 aromatic rings. The smallest absolute Gasteiger partial charge is 0.231 e. The molecule has 2 heterocycles. The standard InChI is InChI=1S/C19H15BrClNO2/c20-15-8-18-17(23-9-24-18)7-14(15)19-12-3-1-2-11(12)13-6-10(21)4-5-16(13)22-19/h1-2,4-8,11-12,19,22H,3,9H2/t11-,12+,19-/m1/s1. The van der Waals surface area contributed by atoms with Crippen molar-refractivity contribution in [2.24, 2.45) is 5.92 Å². The third-order valence-electron chi connectivity index (χ3n) is 5.15. The van der Waals surface area contributed by atoms with Crippen molar-refractivity contribution in [3.63, 3.8) is 0 Å². The van der Waals surface area contributed by atoms with E-state index in [9.17, 15) is 0 Å². The number of nitrogens with one attached hydrogen (secondary N) is 1. The highest BCUT2D eigenvalue weighted by molar-refractivity contribution is 9.10. The predicted octanol–water partition coefficient (Wildman–Crippen LogP) is 5.66. The number of rotatable bonds is 1. The summed E-state index contributed by atoms with van der Waals surface area (Å²) in [4.78, 5) is 0. The van der Waals surface area contributed by atoms with E-state index in [-0.39, 0.29) is 12.8 Å². The highest BCUT2D eigenvalue weighted by atomic mass is 79.9. The highest BCUT2D eigenvalue weighted by Gasteiger charge is 2.39. The van der Waals surface area contributed by atoms with Gasteiger partial charge >= 0.3 is 0 Å². The molecule has 3 aliphatic rings. The minimum atomic E-state index is 0.211. The number of ether oxygens (including phenoxy) is 2. The minimum Gasteiger partial charge on any atom is -0.454 e. The van der Waals surface area contributed by atoms with Crippen LogP contribution in [-0.2, 0) is 0 Å². The number of allylic oxidation sites excluding steroid dienone is 2. The second-order valence-corrected chi connectivity index (χ2v) is 7.72. The molecule has 0 radical (unpaired) electrons. The Hall–Kier alpha value is -1.65. The lowest BCUT2D eigenvalue weighted by atomic mass is 9.77. The molecule has 3 atom stereocenters. The van der Waals surface area contributed by atoms with Crippen molar-refractivity contribution in [3.05, 3.63) is 63.1 Å². The summed E-state index contributed by atoms with van der Waals surface area (Å²) >= 11 is 9.94. The fourth-order valence-electron chi connectivity index (χ4n) is 4.04. The third kappa shape index (κ3) is 2.16. The van der Waals surface area contributed by atoms with E-state index in [1.165, 1.54) is 11.1 Å². The first kappa shape index (κ1) is 14.7. The molecule has 5 rings (SSSR count). The monoisotopic (exact) mass is 403 g/mol. The van der Waals surface area contributed by atoms with E-state index in [4.69, 9.17) is 21.1 Å². The van der Waals surface area contributed by atoms with Gasteiger partial charge < -0.3 is 14.8 Å². The minimum absolute atomic E-state index is 0.211. The van der Waals surface area contributed by atoms with E-state index in [1.54, 1.807) is 0 Å². The van der Waals surface area contributed by atoms with Gasteiger partial charge in [0.25, 0.3) is 0 Å². The van der Waals surface area contributed by atoms with E-state index in [0.29, 0.717) is 11.8 Å². The van der Waals surface area contributed by atoms with Gasteiger partial charge in [-0.2, -0.15) is 0 Å². The molecule has 0 spiro atoms. The summed E-state index contributed by atoms with van der Waals surface area (Å²) in [5.41, 5.74) is 3.65. The normalized spacial score (nSPS) is 26.0. The molecule has 3 nitrogen and oxygen atoms in total. The van der Waals surface area contributed by atoms with Crippen LogP contribution in [0.2, 0.25) is 5.02 Å². The maximum atomic E-state index is 6.22. The van der Waals surface area contributed by atoms with Gasteiger partial charge in [-0.25, -0.2) is 0 Å². The Labute approximate surface area is 153 Å². The average molecular weight is 405 g/mol. The molecule has 1 N–H and O–H groups in total. The van der Waals surface area contributed by atoms with Crippen LogP contribution in [-0.4, -0.2) is 6.79 Å². The largest absolute Gasteiger partial charge is 0.454 e. The molecule has 24 heavy (non-hydrogen) atoms. The summed E-state index contributed by atoms with van der Waals surface area (Å²) in [6.45, 7) is 0.290. The molecule has 0 amide bonds. The Kier molecular flexibility index (Phi) is 3.32. The molecule has 0 saturated carbocycles. The lowest BCUT2D eigenvalue weighted by Gasteiger charge is -2.38. The zero-order valence-corrected chi connectivity index (χ0v) is 15.1. The first-order chi connectivity index (χ1) is 11.7. The summed E-state index contributed by atoms with van der Waals surface area (Å²) in [6, 6.07) is 10.4.